The molecule has 0 heterocycles. The number of oxime groups is 1. The average molecular weight is 221 g/mol. The van der Waals surface area contributed by atoms with Crippen LogP contribution in [0.2, 0.25) is 0 Å². The van der Waals surface area contributed by atoms with Gasteiger partial charge in [0.1, 0.15) is 5.75 Å². The Morgan fingerprint density at radius 3 is 2.56 bits per heavy atom. The molecule has 3 nitrogen and oxygen atoms in total. The summed E-state index contributed by atoms with van der Waals surface area (Å²) in [6, 6.07) is 5.20. The molecule has 0 aliphatic carbocycles. The minimum absolute atomic E-state index is 0.244. The first-order valence-electron chi connectivity index (χ1n) is 5.42. The third-order valence-corrected chi connectivity index (χ3v) is 2.45. The van der Waals surface area contributed by atoms with Gasteiger partial charge >= 0.3 is 0 Å². The van der Waals surface area contributed by atoms with Crippen molar-refractivity contribution in [2.75, 3.05) is 0 Å². The van der Waals surface area contributed by atoms with Crippen LogP contribution in [0.1, 0.15) is 38.3 Å². The van der Waals surface area contributed by atoms with Gasteiger partial charge in [0.05, 0.1) is 6.21 Å². The molecule has 0 aromatic heterocycles. The number of benzene rings is 1. The lowest BCUT2D eigenvalue weighted by molar-refractivity contribution is 0.322. The predicted octanol–water partition coefficient (Wildman–Crippen LogP) is 3.18. The molecule has 1 aromatic carbocycles. The van der Waals surface area contributed by atoms with E-state index in [9.17, 15) is 5.11 Å². The Bertz CT molecular complexity index is 378. The lowest BCUT2D eigenvalue weighted by Gasteiger charge is -2.18. The fourth-order valence-corrected chi connectivity index (χ4v) is 1.46. The molecule has 1 rings (SSSR count). The van der Waals surface area contributed by atoms with E-state index in [1.165, 1.54) is 6.21 Å². The van der Waals surface area contributed by atoms with E-state index in [1.54, 1.807) is 12.1 Å². The highest BCUT2D eigenvalue weighted by Crippen LogP contribution is 2.26. The zero-order valence-electron chi connectivity index (χ0n) is 10.1. The Morgan fingerprint density at radius 2 is 2.00 bits per heavy atom. The summed E-state index contributed by atoms with van der Waals surface area (Å²) in [4.78, 5) is 0. The number of hydrogen-bond acceptors (Lipinski definition) is 3. The standard InChI is InChI=1S/C13H19NO2/c1-13(2,3)7-6-11-8-10(9-14-16)4-5-12(11)15/h4-5,8-9,15-16H,6-7H2,1-3H3. The molecule has 0 aliphatic rings. The van der Waals surface area contributed by atoms with Gasteiger partial charge in [0, 0.05) is 0 Å². The van der Waals surface area contributed by atoms with Gasteiger partial charge in [-0.3, -0.25) is 0 Å². The predicted molar refractivity (Wildman–Crippen MR) is 65.3 cm³/mol. The molecule has 0 atom stereocenters. The lowest BCUT2D eigenvalue weighted by Crippen LogP contribution is -2.06. The van der Waals surface area contributed by atoms with E-state index in [0.29, 0.717) is 5.75 Å². The monoisotopic (exact) mass is 221 g/mol. The minimum Gasteiger partial charge on any atom is -0.508 e. The van der Waals surface area contributed by atoms with Crippen LogP contribution in [-0.4, -0.2) is 16.5 Å². The fourth-order valence-electron chi connectivity index (χ4n) is 1.46. The van der Waals surface area contributed by atoms with Crippen LogP contribution in [0.4, 0.5) is 0 Å². The maximum atomic E-state index is 9.69. The second-order valence-corrected chi connectivity index (χ2v) is 5.19. The van der Waals surface area contributed by atoms with Gasteiger partial charge in [-0.25, -0.2) is 0 Å². The van der Waals surface area contributed by atoms with E-state index >= 15 is 0 Å². The fraction of sp³-hybridized carbons (Fsp3) is 0.462. The van der Waals surface area contributed by atoms with Crippen molar-refractivity contribution in [3.8, 4) is 5.75 Å². The summed E-state index contributed by atoms with van der Waals surface area (Å²) in [5.74, 6) is 0.305. The van der Waals surface area contributed by atoms with Crippen LogP contribution in [0, 0.1) is 5.41 Å². The van der Waals surface area contributed by atoms with Gasteiger partial charge in [0.15, 0.2) is 0 Å². The number of phenolic OH excluding ortho intramolecular Hbond substituents is 1. The summed E-state index contributed by atoms with van der Waals surface area (Å²) < 4.78 is 0. The number of aromatic hydroxyl groups is 1. The molecule has 16 heavy (non-hydrogen) atoms. The van der Waals surface area contributed by atoms with Crippen molar-refractivity contribution in [1.29, 1.82) is 0 Å². The van der Waals surface area contributed by atoms with Crippen molar-refractivity contribution in [3.63, 3.8) is 0 Å². The van der Waals surface area contributed by atoms with Gasteiger partial charge in [-0.1, -0.05) is 25.9 Å². The molecule has 3 heteroatoms. The Kier molecular flexibility index (Phi) is 3.93. The van der Waals surface area contributed by atoms with Crippen molar-refractivity contribution >= 4 is 6.21 Å². The van der Waals surface area contributed by atoms with Crippen molar-refractivity contribution in [3.05, 3.63) is 29.3 Å². The molecule has 0 spiro atoms. The molecular formula is C13H19NO2. The van der Waals surface area contributed by atoms with Crippen LogP contribution in [0.3, 0.4) is 0 Å². The molecule has 1 aromatic rings. The van der Waals surface area contributed by atoms with Crippen LogP contribution in [0.25, 0.3) is 0 Å². The highest BCUT2D eigenvalue weighted by atomic mass is 16.4. The Labute approximate surface area is 96.4 Å². The summed E-state index contributed by atoms with van der Waals surface area (Å²) in [5.41, 5.74) is 1.93. The van der Waals surface area contributed by atoms with E-state index < -0.39 is 0 Å². The maximum Gasteiger partial charge on any atom is 0.118 e. The van der Waals surface area contributed by atoms with E-state index in [0.717, 1.165) is 24.0 Å². The summed E-state index contributed by atoms with van der Waals surface area (Å²) in [7, 11) is 0. The van der Waals surface area contributed by atoms with E-state index in [-0.39, 0.29) is 5.41 Å². The molecule has 0 aliphatic heterocycles. The lowest BCUT2D eigenvalue weighted by atomic mass is 9.88. The third kappa shape index (κ3) is 3.93. The molecule has 0 bridgehead atoms. The number of nitrogens with zero attached hydrogens (tertiary/aromatic N) is 1. The highest BCUT2D eigenvalue weighted by Gasteiger charge is 2.11. The molecule has 0 unspecified atom stereocenters. The molecule has 0 radical (unpaired) electrons. The molecular weight excluding hydrogens is 202 g/mol. The smallest absolute Gasteiger partial charge is 0.118 e. The van der Waals surface area contributed by atoms with Crippen molar-refractivity contribution in [2.24, 2.45) is 10.6 Å². The first kappa shape index (κ1) is 12.6. The van der Waals surface area contributed by atoms with Crippen molar-refractivity contribution in [2.45, 2.75) is 33.6 Å². The normalized spacial score (nSPS) is 12.2. The topological polar surface area (TPSA) is 52.8 Å². The Morgan fingerprint density at radius 1 is 1.31 bits per heavy atom. The van der Waals surface area contributed by atoms with Crippen LogP contribution >= 0.6 is 0 Å². The number of rotatable bonds is 3. The molecule has 2 N–H and O–H groups in total. The summed E-state index contributed by atoms with van der Waals surface area (Å²) in [6.45, 7) is 6.51. The third-order valence-electron chi connectivity index (χ3n) is 2.45. The van der Waals surface area contributed by atoms with Crippen LogP contribution in [0.5, 0.6) is 5.75 Å². The van der Waals surface area contributed by atoms with Crippen molar-refractivity contribution < 1.29 is 10.3 Å². The Hall–Kier alpha value is -1.51. The van der Waals surface area contributed by atoms with Gasteiger partial charge in [-0.15, -0.1) is 0 Å². The largest absolute Gasteiger partial charge is 0.508 e. The van der Waals surface area contributed by atoms with Gasteiger partial charge in [-0.2, -0.15) is 0 Å². The highest BCUT2D eigenvalue weighted by molar-refractivity contribution is 5.79. The summed E-state index contributed by atoms with van der Waals surface area (Å²) in [5, 5.41) is 21.1. The van der Waals surface area contributed by atoms with Crippen LogP contribution in [-0.2, 0) is 6.42 Å². The average Bonchev–Trinajstić information content (AvgIpc) is 2.18. The zero-order valence-corrected chi connectivity index (χ0v) is 10.1. The van der Waals surface area contributed by atoms with Gasteiger partial charge in [0.2, 0.25) is 0 Å². The first-order chi connectivity index (χ1) is 7.42. The van der Waals surface area contributed by atoms with Crippen LogP contribution < -0.4 is 0 Å². The van der Waals surface area contributed by atoms with Gasteiger partial charge < -0.3 is 10.3 Å². The van der Waals surface area contributed by atoms with Gasteiger partial charge in [-0.05, 0) is 47.6 Å². The first-order valence-corrected chi connectivity index (χ1v) is 5.42. The van der Waals surface area contributed by atoms with Gasteiger partial charge in [0.25, 0.3) is 0 Å². The molecule has 0 saturated heterocycles. The van der Waals surface area contributed by atoms with E-state index in [4.69, 9.17) is 5.21 Å². The second kappa shape index (κ2) is 5.01. The Balaban J connectivity index is 2.82. The van der Waals surface area contributed by atoms with E-state index in [2.05, 4.69) is 25.9 Å². The second-order valence-electron chi connectivity index (χ2n) is 5.19. The van der Waals surface area contributed by atoms with Crippen LogP contribution in [0.15, 0.2) is 23.4 Å². The molecule has 0 amide bonds. The van der Waals surface area contributed by atoms with E-state index in [1.807, 2.05) is 6.07 Å². The quantitative estimate of drug-likeness (QED) is 0.468. The molecule has 0 fully saturated rings. The number of aryl methyl sites for hydroxylation is 1. The SMILES string of the molecule is CC(C)(C)CCc1cc(C=NO)ccc1O. The summed E-state index contributed by atoms with van der Waals surface area (Å²) >= 11 is 0. The van der Waals surface area contributed by atoms with Crippen molar-refractivity contribution in [1.82, 2.24) is 0 Å². The minimum atomic E-state index is 0.244. The number of phenols is 1. The zero-order chi connectivity index (χ0) is 12.2. The molecule has 0 saturated carbocycles. The number of hydrogen-bond donors (Lipinski definition) is 2. The summed E-state index contributed by atoms with van der Waals surface area (Å²) in [6.07, 6.45) is 3.18. The molecule has 88 valence electrons. The maximum absolute atomic E-state index is 9.69.